The number of aliphatic carboxylic acids is 1. The van der Waals surface area contributed by atoms with Gasteiger partial charge in [0.2, 0.25) is 5.91 Å². The van der Waals surface area contributed by atoms with Crippen LogP contribution in [0.15, 0.2) is 28.7 Å². The summed E-state index contributed by atoms with van der Waals surface area (Å²) in [7, 11) is 1.51. The van der Waals surface area contributed by atoms with E-state index in [4.69, 9.17) is 14.6 Å². The maximum Gasteiger partial charge on any atom is 0.323 e. The maximum atomic E-state index is 12.0. The first-order valence-corrected chi connectivity index (χ1v) is 7.69. The molecule has 0 heterocycles. The van der Waals surface area contributed by atoms with Crippen molar-refractivity contribution in [1.29, 1.82) is 0 Å². The molecule has 0 fully saturated rings. The summed E-state index contributed by atoms with van der Waals surface area (Å²) < 4.78 is 11.3. The molecule has 0 aliphatic heterocycles. The Kier molecular flexibility index (Phi) is 8.54. The van der Waals surface area contributed by atoms with Crippen molar-refractivity contribution < 1.29 is 24.2 Å². The fourth-order valence-electron chi connectivity index (χ4n) is 1.78. The number of hydrogen-bond acceptors (Lipinski definition) is 4. The van der Waals surface area contributed by atoms with Crippen molar-refractivity contribution in [2.45, 2.75) is 12.8 Å². The molecule has 122 valence electrons. The molecule has 0 saturated heterocycles. The maximum absolute atomic E-state index is 12.0. The molecule has 0 radical (unpaired) electrons. The number of carboxylic acids is 1. The predicted octanol–water partition coefficient (Wildman–Crippen LogP) is 2.17. The molecule has 0 aromatic heterocycles. The molecule has 6 nitrogen and oxygen atoms in total. The van der Waals surface area contributed by atoms with Crippen molar-refractivity contribution in [2.24, 2.45) is 0 Å². The first-order valence-electron chi connectivity index (χ1n) is 6.90. The Morgan fingerprint density at radius 1 is 1.32 bits per heavy atom. The number of benzene rings is 1. The fourth-order valence-corrected chi connectivity index (χ4v) is 2.16. The van der Waals surface area contributed by atoms with Crippen molar-refractivity contribution >= 4 is 27.8 Å². The quantitative estimate of drug-likeness (QED) is 0.636. The zero-order chi connectivity index (χ0) is 16.4. The second-order valence-electron chi connectivity index (χ2n) is 4.61. The monoisotopic (exact) mass is 373 g/mol. The van der Waals surface area contributed by atoms with Gasteiger partial charge in [-0.25, -0.2) is 0 Å². The van der Waals surface area contributed by atoms with Crippen molar-refractivity contribution in [3.8, 4) is 5.75 Å². The van der Waals surface area contributed by atoms with Crippen molar-refractivity contribution in [1.82, 2.24) is 4.90 Å². The van der Waals surface area contributed by atoms with Gasteiger partial charge in [0, 0.05) is 24.5 Å². The number of hydrogen-bond donors (Lipinski definition) is 1. The average molecular weight is 374 g/mol. The van der Waals surface area contributed by atoms with Gasteiger partial charge in [0.1, 0.15) is 12.3 Å². The molecule has 0 spiro atoms. The van der Waals surface area contributed by atoms with E-state index >= 15 is 0 Å². The second-order valence-corrected chi connectivity index (χ2v) is 5.53. The Labute approximate surface area is 138 Å². The van der Waals surface area contributed by atoms with Gasteiger partial charge < -0.3 is 19.5 Å². The number of rotatable bonds is 10. The molecule has 0 unspecified atom stereocenters. The normalized spacial score (nSPS) is 10.3. The minimum atomic E-state index is -1.03. The van der Waals surface area contributed by atoms with Crippen molar-refractivity contribution in [3.63, 3.8) is 0 Å². The lowest BCUT2D eigenvalue weighted by Gasteiger charge is -2.20. The molecule has 0 atom stereocenters. The minimum absolute atomic E-state index is 0.211. The van der Waals surface area contributed by atoms with Crippen molar-refractivity contribution in [2.75, 3.05) is 33.4 Å². The molecule has 0 bridgehead atoms. The van der Waals surface area contributed by atoms with Crippen LogP contribution in [0, 0.1) is 0 Å². The molecule has 1 amide bonds. The number of amides is 1. The lowest BCUT2D eigenvalue weighted by atomic mass is 10.2. The second kappa shape index (κ2) is 10.2. The molecule has 1 rings (SSSR count). The minimum Gasteiger partial charge on any atom is -0.494 e. The Morgan fingerprint density at radius 2 is 2.09 bits per heavy atom. The number of ether oxygens (including phenoxy) is 2. The van der Waals surface area contributed by atoms with Crippen LogP contribution in [0.25, 0.3) is 0 Å². The Bertz CT molecular complexity index is 495. The standard InChI is InChI=1S/C15H20BrNO5/c1-21-9-7-17(11-15(19)20)14(18)6-3-8-22-13-5-2-4-12(16)10-13/h2,4-5,10H,3,6-9,11H2,1H3,(H,19,20). The predicted molar refractivity (Wildman–Crippen MR) is 85.0 cm³/mol. The van der Waals surface area contributed by atoms with Crippen LogP contribution in [0.3, 0.4) is 0 Å². The van der Waals surface area contributed by atoms with E-state index in [1.165, 1.54) is 12.0 Å². The molecule has 0 saturated carbocycles. The lowest BCUT2D eigenvalue weighted by Crippen LogP contribution is -2.38. The first kappa shape index (κ1) is 18.4. The molecule has 1 N–H and O–H groups in total. The Morgan fingerprint density at radius 3 is 2.73 bits per heavy atom. The largest absolute Gasteiger partial charge is 0.494 e. The highest BCUT2D eigenvalue weighted by atomic mass is 79.9. The van der Waals surface area contributed by atoms with Gasteiger partial charge in [0.15, 0.2) is 0 Å². The fraction of sp³-hybridized carbons (Fsp3) is 0.467. The first-order chi connectivity index (χ1) is 10.5. The lowest BCUT2D eigenvalue weighted by molar-refractivity contribution is -0.145. The third kappa shape index (κ3) is 7.42. The van der Waals surface area contributed by atoms with Crippen LogP contribution in [0.2, 0.25) is 0 Å². The van der Waals surface area contributed by atoms with Gasteiger partial charge in [-0.05, 0) is 24.6 Å². The number of carbonyl (C=O) groups is 2. The van der Waals surface area contributed by atoms with Gasteiger partial charge in [-0.3, -0.25) is 9.59 Å². The zero-order valence-corrected chi connectivity index (χ0v) is 14.0. The SMILES string of the molecule is COCCN(CC(=O)O)C(=O)CCCOc1cccc(Br)c1. The van der Waals surface area contributed by atoms with E-state index in [9.17, 15) is 9.59 Å². The van der Waals surface area contributed by atoms with E-state index in [1.54, 1.807) is 0 Å². The zero-order valence-electron chi connectivity index (χ0n) is 12.5. The number of methoxy groups -OCH3 is 1. The van der Waals surface area contributed by atoms with E-state index in [2.05, 4.69) is 15.9 Å². The molecule has 7 heteroatoms. The van der Waals surface area contributed by atoms with Gasteiger partial charge in [0.25, 0.3) is 0 Å². The third-order valence-electron chi connectivity index (χ3n) is 2.84. The molecular formula is C15H20BrNO5. The Balaban J connectivity index is 2.34. The van der Waals surface area contributed by atoms with Crippen LogP contribution < -0.4 is 4.74 Å². The number of carbonyl (C=O) groups excluding carboxylic acids is 1. The van der Waals surface area contributed by atoms with Crippen LogP contribution in [0.4, 0.5) is 0 Å². The van der Waals surface area contributed by atoms with Crippen LogP contribution in [0.5, 0.6) is 5.75 Å². The summed E-state index contributed by atoms with van der Waals surface area (Å²) in [4.78, 5) is 24.0. The summed E-state index contributed by atoms with van der Waals surface area (Å²) in [6.07, 6.45) is 0.763. The van der Waals surface area contributed by atoms with Crippen LogP contribution in [-0.4, -0.2) is 55.3 Å². The average Bonchev–Trinajstić information content (AvgIpc) is 2.47. The van der Waals surface area contributed by atoms with Crippen molar-refractivity contribution in [3.05, 3.63) is 28.7 Å². The number of halogens is 1. The Hall–Kier alpha value is -1.60. The highest BCUT2D eigenvalue weighted by Gasteiger charge is 2.16. The van der Waals surface area contributed by atoms with Gasteiger partial charge >= 0.3 is 5.97 Å². The highest BCUT2D eigenvalue weighted by molar-refractivity contribution is 9.10. The van der Waals surface area contributed by atoms with Gasteiger partial charge in [0.05, 0.1) is 13.2 Å². The molecular weight excluding hydrogens is 354 g/mol. The van der Waals surface area contributed by atoms with Crippen LogP contribution in [0.1, 0.15) is 12.8 Å². The van der Waals surface area contributed by atoms with Crippen LogP contribution in [-0.2, 0) is 14.3 Å². The summed E-state index contributed by atoms with van der Waals surface area (Å²) in [6, 6.07) is 7.44. The van der Waals surface area contributed by atoms with Gasteiger partial charge in [-0.1, -0.05) is 22.0 Å². The molecule has 0 aliphatic carbocycles. The molecule has 1 aromatic carbocycles. The molecule has 1 aromatic rings. The summed E-state index contributed by atoms with van der Waals surface area (Å²) in [5.41, 5.74) is 0. The topological polar surface area (TPSA) is 76.1 Å². The summed E-state index contributed by atoms with van der Waals surface area (Å²) in [5, 5.41) is 8.81. The summed E-state index contributed by atoms with van der Waals surface area (Å²) >= 11 is 3.35. The van der Waals surface area contributed by atoms with Crippen LogP contribution >= 0.6 is 15.9 Å². The van der Waals surface area contributed by atoms with E-state index in [-0.39, 0.29) is 25.4 Å². The van der Waals surface area contributed by atoms with E-state index in [1.807, 2.05) is 24.3 Å². The number of carboxylic acid groups (broad SMARTS) is 1. The molecule has 22 heavy (non-hydrogen) atoms. The van der Waals surface area contributed by atoms with E-state index < -0.39 is 5.97 Å². The number of nitrogens with zero attached hydrogens (tertiary/aromatic N) is 1. The van der Waals surface area contributed by atoms with Gasteiger partial charge in [-0.2, -0.15) is 0 Å². The smallest absolute Gasteiger partial charge is 0.323 e. The molecule has 0 aliphatic rings. The summed E-state index contributed by atoms with van der Waals surface area (Å²) in [6.45, 7) is 0.670. The third-order valence-corrected chi connectivity index (χ3v) is 3.34. The van der Waals surface area contributed by atoms with Gasteiger partial charge in [-0.15, -0.1) is 0 Å². The summed E-state index contributed by atoms with van der Waals surface area (Å²) in [5.74, 6) is -0.518. The van der Waals surface area contributed by atoms with E-state index in [0.29, 0.717) is 19.6 Å². The van der Waals surface area contributed by atoms with E-state index in [0.717, 1.165) is 10.2 Å². The highest BCUT2D eigenvalue weighted by Crippen LogP contribution is 2.17.